The Labute approximate surface area is 204 Å². The van der Waals surface area contributed by atoms with E-state index in [0.29, 0.717) is 32.9 Å². The number of carbonyl (C=O) groups is 1. The number of ether oxygens (including phenoxy) is 2. The Balaban J connectivity index is 0.913. The number of rotatable bonds is 9. The minimum absolute atomic E-state index is 0.0472. The van der Waals surface area contributed by atoms with Gasteiger partial charge >= 0.3 is 6.03 Å². The maximum Gasteiger partial charge on any atom is 0.315 e. The Hall–Kier alpha value is -0.900. The van der Waals surface area contributed by atoms with Crippen LogP contribution in [0.5, 0.6) is 0 Å². The molecule has 0 atom stereocenters. The Kier molecular flexibility index (Phi) is 7.73. The second kappa shape index (κ2) is 10.6. The van der Waals surface area contributed by atoms with E-state index in [0.717, 1.165) is 50.0 Å². The molecule has 0 aromatic rings. The third kappa shape index (κ3) is 6.45. The lowest BCUT2D eigenvalue weighted by atomic mass is 9.53. The van der Waals surface area contributed by atoms with E-state index < -0.39 is 9.84 Å². The summed E-state index contributed by atoms with van der Waals surface area (Å²) in [5.41, 5.74) is 0.0743. The maximum absolute atomic E-state index is 12.8. The third-order valence-corrected chi connectivity index (χ3v) is 10.6. The summed E-state index contributed by atoms with van der Waals surface area (Å²) < 4.78 is 34.6. The highest BCUT2D eigenvalue weighted by molar-refractivity contribution is 7.91. The Morgan fingerprint density at radius 3 is 2.12 bits per heavy atom. The molecule has 0 aromatic carbocycles. The summed E-state index contributed by atoms with van der Waals surface area (Å²) in [6.45, 7) is 3.76. The Morgan fingerprint density at radius 2 is 1.50 bits per heavy atom. The molecule has 194 valence electrons. The average molecular weight is 498 g/mol. The molecular weight excluding hydrogens is 454 g/mol. The molecule has 5 aliphatic carbocycles. The lowest BCUT2D eigenvalue weighted by Gasteiger charge is -2.56. The highest BCUT2D eigenvalue weighted by atomic mass is 32.2. The summed E-state index contributed by atoms with van der Waals surface area (Å²) in [7, 11) is -2.82. The Morgan fingerprint density at radius 1 is 0.882 bits per heavy atom. The van der Waals surface area contributed by atoms with E-state index in [-0.39, 0.29) is 35.2 Å². The van der Waals surface area contributed by atoms with Gasteiger partial charge in [0, 0.05) is 31.2 Å². The zero-order chi connectivity index (χ0) is 23.6. The molecule has 5 saturated carbocycles. The lowest BCUT2D eigenvalue weighted by molar-refractivity contribution is -0.0178. The number of hydrogen-bond donors (Lipinski definition) is 2. The number of nitrogens with zero attached hydrogens (tertiary/aromatic N) is 1. The van der Waals surface area contributed by atoms with Gasteiger partial charge in [0.05, 0.1) is 37.4 Å². The van der Waals surface area contributed by atoms with Gasteiger partial charge in [-0.3, -0.25) is 4.90 Å². The van der Waals surface area contributed by atoms with Gasteiger partial charge in [-0.2, -0.15) is 0 Å². The average Bonchev–Trinajstić information content (AvgIpc) is 2.77. The van der Waals surface area contributed by atoms with Gasteiger partial charge in [-0.15, -0.1) is 0 Å². The van der Waals surface area contributed by atoms with Gasteiger partial charge in [-0.1, -0.05) is 0 Å². The van der Waals surface area contributed by atoms with Gasteiger partial charge in [0.25, 0.3) is 0 Å². The predicted molar refractivity (Wildman–Crippen MR) is 130 cm³/mol. The minimum Gasteiger partial charge on any atom is -0.378 e. The topological polar surface area (TPSA) is 97.0 Å². The molecule has 0 aromatic heterocycles. The number of amides is 2. The molecular formula is C25H43N3O5S. The molecule has 0 spiro atoms. The summed E-state index contributed by atoms with van der Waals surface area (Å²) in [6.07, 6.45) is 11.9. The van der Waals surface area contributed by atoms with Crippen LogP contribution in [-0.2, 0) is 19.3 Å². The van der Waals surface area contributed by atoms with E-state index >= 15 is 0 Å². The van der Waals surface area contributed by atoms with Crippen LogP contribution in [0.1, 0.15) is 64.2 Å². The van der Waals surface area contributed by atoms with Crippen LogP contribution in [-0.4, -0.2) is 88.0 Å². The summed E-state index contributed by atoms with van der Waals surface area (Å²) >= 11 is 0. The summed E-state index contributed by atoms with van der Waals surface area (Å²) in [4.78, 5) is 14.9. The molecule has 0 unspecified atom stereocenters. The van der Waals surface area contributed by atoms with E-state index in [1.165, 1.54) is 38.5 Å². The minimum atomic E-state index is -2.82. The number of nitrogens with one attached hydrogen (secondary N) is 2. The second-order valence-corrected chi connectivity index (χ2v) is 14.1. The predicted octanol–water partition coefficient (Wildman–Crippen LogP) is 2.33. The van der Waals surface area contributed by atoms with E-state index in [4.69, 9.17) is 9.47 Å². The van der Waals surface area contributed by atoms with Crippen LogP contribution >= 0.6 is 0 Å². The van der Waals surface area contributed by atoms with Crippen molar-refractivity contribution in [1.29, 1.82) is 0 Å². The number of sulfone groups is 1. The molecule has 9 heteroatoms. The van der Waals surface area contributed by atoms with Crippen molar-refractivity contribution in [2.75, 3.05) is 51.0 Å². The van der Waals surface area contributed by atoms with Gasteiger partial charge in [0.2, 0.25) is 0 Å². The van der Waals surface area contributed by atoms with E-state index in [1.54, 1.807) is 0 Å². The third-order valence-electron chi connectivity index (χ3n) is 9.00. The van der Waals surface area contributed by atoms with Crippen molar-refractivity contribution >= 4 is 15.9 Å². The second-order valence-electron chi connectivity index (χ2n) is 11.7. The standard InChI is InChI=1S/C25H43N3O5S/c29-24(27-25-16-19-13-20(17-25)15-21(14-19)18-25)26-22-1-3-23(4-2-22)33-10-9-32-8-5-28-6-11-34(30,31)12-7-28/h19-23H,1-18H2,(H2,26,27,29). The molecule has 2 amide bonds. The van der Waals surface area contributed by atoms with Gasteiger partial charge in [-0.25, -0.2) is 13.2 Å². The van der Waals surface area contributed by atoms with Crippen molar-refractivity contribution < 1.29 is 22.7 Å². The monoisotopic (exact) mass is 497 g/mol. The van der Waals surface area contributed by atoms with E-state index in [2.05, 4.69) is 15.5 Å². The van der Waals surface area contributed by atoms with Crippen LogP contribution in [0.4, 0.5) is 4.79 Å². The fourth-order valence-corrected chi connectivity index (χ4v) is 8.92. The van der Waals surface area contributed by atoms with Crippen LogP contribution in [0.25, 0.3) is 0 Å². The molecule has 0 radical (unpaired) electrons. The van der Waals surface area contributed by atoms with Crippen LogP contribution in [0.3, 0.4) is 0 Å². The van der Waals surface area contributed by atoms with Crippen LogP contribution in [0.15, 0.2) is 0 Å². The van der Waals surface area contributed by atoms with Crippen LogP contribution in [0, 0.1) is 17.8 Å². The van der Waals surface area contributed by atoms with Crippen LogP contribution in [0.2, 0.25) is 0 Å². The first kappa shape index (κ1) is 24.8. The van der Waals surface area contributed by atoms with Crippen molar-refractivity contribution in [3.05, 3.63) is 0 Å². The van der Waals surface area contributed by atoms with Gasteiger partial charge in [0.1, 0.15) is 0 Å². The summed E-state index contributed by atoms with van der Waals surface area (Å²) in [5, 5.41) is 6.70. The van der Waals surface area contributed by atoms with Crippen molar-refractivity contribution in [2.45, 2.75) is 81.9 Å². The molecule has 8 nitrogen and oxygen atoms in total. The molecule has 4 bridgehead atoms. The fourth-order valence-electron chi connectivity index (χ4n) is 7.64. The smallest absolute Gasteiger partial charge is 0.315 e. The van der Waals surface area contributed by atoms with Crippen molar-refractivity contribution in [3.63, 3.8) is 0 Å². The number of hydrogen-bond acceptors (Lipinski definition) is 6. The molecule has 2 N–H and O–H groups in total. The highest BCUT2D eigenvalue weighted by Gasteiger charge is 2.51. The first-order chi connectivity index (χ1) is 16.4. The van der Waals surface area contributed by atoms with Crippen LogP contribution < -0.4 is 10.6 Å². The maximum atomic E-state index is 12.8. The van der Waals surface area contributed by atoms with Crippen molar-refractivity contribution in [1.82, 2.24) is 15.5 Å². The molecule has 1 heterocycles. The fraction of sp³-hybridized carbons (Fsp3) is 0.960. The molecule has 6 aliphatic rings. The zero-order valence-electron chi connectivity index (χ0n) is 20.5. The highest BCUT2D eigenvalue weighted by Crippen LogP contribution is 2.55. The molecule has 1 aliphatic heterocycles. The summed E-state index contributed by atoms with van der Waals surface area (Å²) in [5.74, 6) is 3.04. The quantitative estimate of drug-likeness (QED) is 0.475. The number of urea groups is 1. The molecule has 6 rings (SSSR count). The van der Waals surface area contributed by atoms with Crippen molar-refractivity contribution in [3.8, 4) is 0 Å². The first-order valence-electron chi connectivity index (χ1n) is 13.6. The van der Waals surface area contributed by atoms with Gasteiger partial charge < -0.3 is 20.1 Å². The number of carbonyl (C=O) groups excluding carboxylic acids is 1. The Bertz CT molecular complexity index is 762. The summed E-state index contributed by atoms with van der Waals surface area (Å²) in [6, 6.07) is 0.296. The lowest BCUT2D eigenvalue weighted by Crippen LogP contribution is -2.62. The van der Waals surface area contributed by atoms with Gasteiger partial charge in [-0.05, 0) is 82.0 Å². The normalized spacial score (nSPS) is 39.1. The molecule has 6 fully saturated rings. The van der Waals surface area contributed by atoms with Gasteiger partial charge in [0.15, 0.2) is 9.84 Å². The SMILES string of the molecule is O=C(NC1CCC(OCCOCCN2CCS(=O)(=O)CC2)CC1)NC12CC3CC(CC(C3)C1)C2. The van der Waals surface area contributed by atoms with E-state index in [9.17, 15) is 13.2 Å². The molecule has 1 saturated heterocycles. The van der Waals surface area contributed by atoms with E-state index in [1.807, 2.05) is 0 Å². The largest absolute Gasteiger partial charge is 0.378 e. The van der Waals surface area contributed by atoms with Crippen molar-refractivity contribution in [2.24, 2.45) is 17.8 Å². The molecule has 34 heavy (non-hydrogen) atoms. The zero-order valence-corrected chi connectivity index (χ0v) is 21.3. The first-order valence-corrected chi connectivity index (χ1v) is 15.4.